The van der Waals surface area contributed by atoms with Gasteiger partial charge in [0, 0.05) is 25.2 Å². The molecule has 0 spiro atoms. The lowest BCUT2D eigenvalue weighted by atomic mass is 9.97. The summed E-state index contributed by atoms with van der Waals surface area (Å²) in [5.41, 5.74) is 0.121. The van der Waals surface area contributed by atoms with E-state index in [1.165, 1.54) is 18.2 Å². The van der Waals surface area contributed by atoms with E-state index in [9.17, 15) is 25.2 Å². The second-order valence-electron chi connectivity index (χ2n) is 7.24. The first-order chi connectivity index (χ1) is 15.2. The highest BCUT2D eigenvalue weighted by molar-refractivity contribution is 7.45. The fraction of sp³-hybridized carbons (Fsp3) is 0.550. The number of carbonyl (C=O) groups excluding carboxylic acids is 1. The fourth-order valence-electron chi connectivity index (χ4n) is 3.04. The number of carbonyl (C=O) groups is 1. The summed E-state index contributed by atoms with van der Waals surface area (Å²) in [5, 5.41) is 45.5. The third-order valence-electron chi connectivity index (χ3n) is 4.79. The number of anilines is 1. The Morgan fingerprint density at radius 2 is 1.94 bits per heavy atom. The maximum Gasteiger partial charge on any atom is 0.319 e. The molecule has 1 heterocycles. The number of terminal acetylenes is 1. The molecule has 32 heavy (non-hydrogen) atoms. The van der Waals surface area contributed by atoms with Crippen LogP contribution >= 0.6 is 8.38 Å². The van der Waals surface area contributed by atoms with Crippen LogP contribution in [0.25, 0.3) is 0 Å². The Morgan fingerprint density at radius 3 is 2.59 bits per heavy atom. The Hall–Kier alpha value is -2.16. The Labute approximate surface area is 186 Å². The molecular formula is C20H29N2O9P. The van der Waals surface area contributed by atoms with Crippen molar-refractivity contribution in [2.45, 2.75) is 56.4 Å². The van der Waals surface area contributed by atoms with E-state index in [-0.39, 0.29) is 29.8 Å². The number of urea groups is 1. The van der Waals surface area contributed by atoms with Gasteiger partial charge in [-0.1, -0.05) is 0 Å². The summed E-state index contributed by atoms with van der Waals surface area (Å²) in [6, 6.07) is 3.47. The van der Waals surface area contributed by atoms with Crippen molar-refractivity contribution in [3.8, 4) is 23.8 Å². The minimum atomic E-state index is -2.21. The zero-order chi connectivity index (χ0) is 23.7. The predicted molar refractivity (Wildman–Crippen MR) is 116 cm³/mol. The van der Waals surface area contributed by atoms with E-state index in [4.69, 9.17) is 25.7 Å². The smallest absolute Gasteiger partial charge is 0.319 e. The van der Waals surface area contributed by atoms with E-state index >= 15 is 0 Å². The SMILES string of the molecule is C#CCCCCNC(=O)Nc1ccc(O[C@H]2OC(CCP(O)O)[C@@H](O)C(O)C2O)cc1O. The summed E-state index contributed by atoms with van der Waals surface area (Å²) in [6.07, 6.45) is 0.276. The number of nitrogens with one attached hydrogen (secondary N) is 2. The van der Waals surface area contributed by atoms with E-state index in [2.05, 4.69) is 16.6 Å². The maximum atomic E-state index is 11.9. The highest BCUT2D eigenvalue weighted by Gasteiger charge is 2.44. The van der Waals surface area contributed by atoms with Gasteiger partial charge in [-0.05, 0) is 31.4 Å². The van der Waals surface area contributed by atoms with Crippen LogP contribution < -0.4 is 15.4 Å². The average Bonchev–Trinajstić information content (AvgIpc) is 2.75. The van der Waals surface area contributed by atoms with Crippen LogP contribution in [0.1, 0.15) is 25.7 Å². The zero-order valence-corrected chi connectivity index (χ0v) is 18.2. The molecule has 3 unspecified atom stereocenters. The minimum absolute atomic E-state index is 0.0233. The summed E-state index contributed by atoms with van der Waals surface area (Å²) in [6.45, 7) is 0.427. The van der Waals surface area contributed by atoms with Gasteiger partial charge in [0.2, 0.25) is 6.29 Å². The number of aliphatic hydroxyl groups excluding tert-OH is 3. The molecule has 0 bridgehead atoms. The van der Waals surface area contributed by atoms with Crippen molar-refractivity contribution in [1.29, 1.82) is 0 Å². The molecule has 8 N–H and O–H groups in total. The van der Waals surface area contributed by atoms with Crippen LogP contribution in [0.15, 0.2) is 18.2 Å². The van der Waals surface area contributed by atoms with Gasteiger partial charge in [0.25, 0.3) is 0 Å². The summed E-state index contributed by atoms with van der Waals surface area (Å²) in [7, 11) is -2.21. The molecule has 178 valence electrons. The predicted octanol–water partition coefficient (Wildman–Crippen LogP) is 0.190. The number of phenols is 1. The number of unbranched alkanes of at least 4 members (excludes halogenated alkanes) is 2. The van der Waals surface area contributed by atoms with Crippen LogP contribution in [0.3, 0.4) is 0 Å². The van der Waals surface area contributed by atoms with Gasteiger partial charge in [0.05, 0.1) is 11.8 Å². The highest BCUT2D eigenvalue weighted by atomic mass is 31.2. The Balaban J connectivity index is 1.94. The van der Waals surface area contributed by atoms with Crippen LogP contribution in [0, 0.1) is 12.3 Å². The molecule has 1 aliphatic heterocycles. The van der Waals surface area contributed by atoms with Gasteiger partial charge in [0.1, 0.15) is 29.8 Å². The first kappa shape index (κ1) is 26.1. The summed E-state index contributed by atoms with van der Waals surface area (Å²) in [4.78, 5) is 30.0. The first-order valence-electron chi connectivity index (χ1n) is 10.1. The van der Waals surface area contributed by atoms with Crippen LogP contribution in [-0.4, -0.2) is 79.7 Å². The number of hydrogen-bond donors (Lipinski definition) is 8. The van der Waals surface area contributed by atoms with Gasteiger partial charge in [-0.2, -0.15) is 0 Å². The Kier molecular flexibility index (Phi) is 10.4. The molecule has 2 rings (SSSR count). The molecule has 1 aromatic carbocycles. The van der Waals surface area contributed by atoms with Crippen molar-refractivity contribution in [2.75, 3.05) is 18.0 Å². The normalized spacial score (nSPS) is 25.2. The topological polar surface area (TPSA) is 181 Å². The standard InChI is InChI=1S/C20H29N2O9P/c1-2-3-4-5-9-21-20(27)22-13-7-6-12(11-14(13)23)30-19-18(26)17(25)16(24)15(31-19)8-10-32(28)29/h1,6-7,11,15-19,23-26,28-29H,3-5,8-10H2,(H2,21,22,27)/t15?,16-,17?,18?,19+/m1/s1. The largest absolute Gasteiger partial charge is 0.506 e. The molecule has 12 heteroatoms. The average molecular weight is 472 g/mol. The third kappa shape index (κ3) is 7.76. The monoisotopic (exact) mass is 472 g/mol. The lowest BCUT2D eigenvalue weighted by Gasteiger charge is -2.40. The van der Waals surface area contributed by atoms with Crippen LogP contribution in [0.5, 0.6) is 11.5 Å². The van der Waals surface area contributed by atoms with Crippen molar-refractivity contribution in [3.05, 3.63) is 18.2 Å². The van der Waals surface area contributed by atoms with Gasteiger partial charge in [-0.25, -0.2) is 4.79 Å². The minimum Gasteiger partial charge on any atom is -0.506 e. The van der Waals surface area contributed by atoms with E-state index in [1.54, 1.807) is 0 Å². The van der Waals surface area contributed by atoms with Crippen molar-refractivity contribution in [1.82, 2.24) is 5.32 Å². The Morgan fingerprint density at radius 1 is 1.19 bits per heavy atom. The lowest BCUT2D eigenvalue weighted by molar-refractivity contribution is -0.272. The zero-order valence-electron chi connectivity index (χ0n) is 17.3. The number of aromatic hydroxyl groups is 1. The molecule has 0 aliphatic carbocycles. The third-order valence-corrected chi connectivity index (χ3v) is 5.44. The second kappa shape index (κ2) is 12.8. The number of aliphatic hydroxyl groups is 3. The number of rotatable bonds is 10. The van der Waals surface area contributed by atoms with Gasteiger partial charge in [0.15, 0.2) is 8.38 Å². The second-order valence-corrected chi connectivity index (χ2v) is 8.43. The molecule has 0 aromatic heterocycles. The van der Waals surface area contributed by atoms with Gasteiger partial charge in [-0.3, -0.25) is 0 Å². The quantitative estimate of drug-likeness (QED) is 0.102. The van der Waals surface area contributed by atoms with Gasteiger partial charge < -0.3 is 50.3 Å². The number of amides is 2. The maximum absolute atomic E-state index is 11.9. The van der Waals surface area contributed by atoms with Crippen molar-refractivity contribution in [3.63, 3.8) is 0 Å². The van der Waals surface area contributed by atoms with Crippen molar-refractivity contribution >= 4 is 20.1 Å². The number of benzene rings is 1. The highest BCUT2D eigenvalue weighted by Crippen LogP contribution is 2.33. The first-order valence-corrected chi connectivity index (χ1v) is 11.5. The molecule has 1 aliphatic rings. The van der Waals surface area contributed by atoms with Gasteiger partial charge in [-0.15, -0.1) is 12.3 Å². The molecule has 5 atom stereocenters. The molecule has 0 radical (unpaired) electrons. The fourth-order valence-corrected chi connectivity index (χ4v) is 3.53. The molecule has 0 saturated carbocycles. The van der Waals surface area contributed by atoms with Gasteiger partial charge >= 0.3 is 6.03 Å². The van der Waals surface area contributed by atoms with Crippen LogP contribution in [0.2, 0.25) is 0 Å². The van der Waals surface area contributed by atoms with Crippen molar-refractivity contribution in [2.24, 2.45) is 0 Å². The molecule has 1 aromatic rings. The van der Waals surface area contributed by atoms with E-state index < -0.39 is 45.1 Å². The summed E-state index contributed by atoms with van der Waals surface area (Å²) < 4.78 is 11.0. The number of ether oxygens (including phenoxy) is 2. The molecule has 2 amide bonds. The molecule has 1 saturated heterocycles. The molecule has 1 fully saturated rings. The molecular weight excluding hydrogens is 443 g/mol. The summed E-state index contributed by atoms with van der Waals surface area (Å²) >= 11 is 0. The van der Waals surface area contributed by atoms with E-state index in [1.807, 2.05) is 0 Å². The Bertz CT molecular complexity index is 789. The van der Waals surface area contributed by atoms with Crippen LogP contribution in [-0.2, 0) is 4.74 Å². The number of phenolic OH excluding ortho intramolecular Hbond substituents is 1. The van der Waals surface area contributed by atoms with E-state index in [0.717, 1.165) is 12.8 Å². The van der Waals surface area contributed by atoms with Crippen LogP contribution in [0.4, 0.5) is 10.5 Å². The lowest BCUT2D eigenvalue weighted by Crippen LogP contribution is -2.59. The summed E-state index contributed by atoms with van der Waals surface area (Å²) in [5.74, 6) is 2.28. The van der Waals surface area contributed by atoms with Crippen molar-refractivity contribution < 1.29 is 44.5 Å². The van der Waals surface area contributed by atoms with E-state index in [0.29, 0.717) is 13.0 Å². The molecule has 11 nitrogen and oxygen atoms in total. The number of hydrogen-bond acceptors (Lipinski definition) is 9.